The van der Waals surface area contributed by atoms with Gasteiger partial charge in [-0.2, -0.15) is 18.4 Å². The largest absolute Gasteiger partial charge is 0.433 e. The van der Waals surface area contributed by atoms with Gasteiger partial charge >= 0.3 is 6.18 Å². The van der Waals surface area contributed by atoms with Gasteiger partial charge in [0.1, 0.15) is 5.69 Å². The maximum absolute atomic E-state index is 12.5. The van der Waals surface area contributed by atoms with E-state index in [4.69, 9.17) is 9.37 Å². The number of hydrogen-bond acceptors (Lipinski definition) is 4. The molecule has 0 aliphatic carbocycles. The molecule has 19 heavy (non-hydrogen) atoms. The summed E-state index contributed by atoms with van der Waals surface area (Å²) in [6.45, 7) is -1.81. The van der Waals surface area contributed by atoms with Crippen LogP contribution in [0, 0.1) is 11.5 Å². The zero-order chi connectivity index (χ0) is 17.4. The van der Waals surface area contributed by atoms with Crippen molar-refractivity contribution in [3.63, 3.8) is 0 Å². The van der Waals surface area contributed by atoms with Crippen LogP contribution in [0.2, 0.25) is 0 Å². The molecular weight excluding hydrogens is 279 g/mol. The van der Waals surface area contributed by atoms with Crippen molar-refractivity contribution in [1.29, 1.82) is 5.26 Å². The van der Waals surface area contributed by atoms with Crippen LogP contribution >= 0.6 is 0 Å². The third-order valence-electron chi connectivity index (χ3n) is 2.58. The predicted octanol–water partition coefficient (Wildman–Crippen LogP) is 2.91. The first kappa shape index (κ1) is 11.2. The first-order chi connectivity index (χ1) is 9.77. The summed E-state index contributed by atoms with van der Waals surface area (Å²) in [7, 11) is -3.60. The van der Waals surface area contributed by atoms with Crippen LogP contribution in [0.3, 0.4) is 0 Å². The molecule has 4 nitrogen and oxygen atoms in total. The van der Waals surface area contributed by atoms with Crippen LogP contribution in [0.1, 0.15) is 29.1 Å². The van der Waals surface area contributed by atoms with E-state index in [-0.39, 0.29) is 5.56 Å². The van der Waals surface area contributed by atoms with Crippen molar-refractivity contribution in [2.45, 2.75) is 24.7 Å². The number of nitrogens with zero attached hydrogens (tertiary/aromatic N) is 3. The van der Waals surface area contributed by atoms with Gasteiger partial charge < -0.3 is 0 Å². The summed E-state index contributed by atoms with van der Waals surface area (Å²) in [6, 6.07) is 1.49. The predicted molar refractivity (Wildman–Crippen MR) is 64.4 cm³/mol. The van der Waals surface area contributed by atoms with Crippen LogP contribution in [0.15, 0.2) is 22.7 Å². The van der Waals surface area contributed by atoms with Crippen LogP contribution in [-0.2, 0) is 20.7 Å². The molecule has 104 valence electrons. The first-order valence-electron chi connectivity index (χ1n) is 6.41. The van der Waals surface area contributed by atoms with Gasteiger partial charge in [0.15, 0.2) is 0 Å². The summed E-state index contributed by atoms with van der Waals surface area (Å²) in [5.41, 5.74) is -1.42. The number of halogens is 3. The van der Waals surface area contributed by atoms with Gasteiger partial charge in [0, 0.05) is 16.6 Å². The minimum atomic E-state index is -4.68. The Balaban J connectivity index is 3.61. The Kier molecular flexibility index (Phi) is 2.84. The van der Waals surface area contributed by atoms with Gasteiger partial charge in [0.2, 0.25) is 6.19 Å². The van der Waals surface area contributed by atoms with E-state index in [1.165, 1.54) is 6.19 Å². The SMILES string of the molecule is [3H]C([3H])([3H])C(C)(c1ccc(C(F)(F)F)nc1)S(C)(=O)=NC#N. The summed E-state index contributed by atoms with van der Waals surface area (Å²) >= 11 is 0. The van der Waals surface area contributed by atoms with Gasteiger partial charge in [-0.05, 0) is 25.4 Å². The topological polar surface area (TPSA) is 66.1 Å². The molecule has 0 aliphatic heterocycles. The summed E-state index contributed by atoms with van der Waals surface area (Å²) < 4.78 is 73.8. The normalized spacial score (nSPS) is 20.9. The van der Waals surface area contributed by atoms with Crippen molar-refractivity contribution in [2.24, 2.45) is 4.36 Å². The van der Waals surface area contributed by atoms with Crippen LogP contribution < -0.4 is 0 Å². The molecule has 0 saturated heterocycles. The first-order valence-corrected chi connectivity index (χ1v) is 6.83. The molecule has 1 aromatic heterocycles. The van der Waals surface area contributed by atoms with E-state index < -0.39 is 33.2 Å². The van der Waals surface area contributed by atoms with Crippen molar-refractivity contribution in [1.82, 2.24) is 4.98 Å². The van der Waals surface area contributed by atoms with Gasteiger partial charge in [0.05, 0.1) is 14.5 Å². The molecular formula is C11H12F3N3OS. The van der Waals surface area contributed by atoms with Crippen molar-refractivity contribution in [3.05, 3.63) is 29.6 Å². The average molecular weight is 297 g/mol. The van der Waals surface area contributed by atoms with Gasteiger partial charge in [-0.15, -0.1) is 4.36 Å². The molecule has 0 radical (unpaired) electrons. The summed E-state index contributed by atoms with van der Waals surface area (Å²) in [4.78, 5) is 3.18. The standard InChI is InChI=1S/C11H12F3N3OS/c1-10(2,19(3,18)17-7-15)8-4-5-9(16-6-8)11(12,13)14/h4-6H,1-3H3/i1T3. The minimum absolute atomic E-state index is 0.216. The Morgan fingerprint density at radius 2 is 2.16 bits per heavy atom. The molecule has 0 spiro atoms. The van der Waals surface area contributed by atoms with Crippen molar-refractivity contribution >= 4 is 9.73 Å². The molecule has 0 amide bonds. The molecule has 0 aromatic carbocycles. The lowest BCUT2D eigenvalue weighted by Crippen LogP contribution is -2.28. The highest BCUT2D eigenvalue weighted by Gasteiger charge is 2.35. The molecule has 1 heterocycles. The second kappa shape index (κ2) is 4.81. The van der Waals surface area contributed by atoms with E-state index in [0.717, 1.165) is 19.2 Å². The second-order valence-corrected chi connectivity index (χ2v) is 6.56. The third-order valence-corrected chi connectivity index (χ3v) is 4.76. The van der Waals surface area contributed by atoms with E-state index in [2.05, 4.69) is 9.35 Å². The maximum atomic E-state index is 12.5. The van der Waals surface area contributed by atoms with E-state index in [1.807, 2.05) is 0 Å². The quantitative estimate of drug-likeness (QED) is 0.788. The van der Waals surface area contributed by atoms with Crippen molar-refractivity contribution in [3.8, 4) is 6.19 Å². The minimum Gasteiger partial charge on any atom is -0.251 e. The number of nitriles is 1. The number of aromatic nitrogens is 1. The van der Waals surface area contributed by atoms with Crippen LogP contribution in [-0.4, -0.2) is 15.4 Å². The zero-order valence-electron chi connectivity index (χ0n) is 13.0. The molecule has 8 heteroatoms. The molecule has 1 aromatic rings. The van der Waals surface area contributed by atoms with Gasteiger partial charge in [0.25, 0.3) is 0 Å². The number of alkyl halides is 3. The summed E-state index contributed by atoms with van der Waals surface area (Å²) in [5, 5.41) is 8.58. The molecule has 2 unspecified atom stereocenters. The highest BCUT2D eigenvalue weighted by Crippen LogP contribution is 2.32. The Labute approximate surface area is 113 Å². The van der Waals surface area contributed by atoms with Gasteiger partial charge in [-0.1, -0.05) is 6.07 Å². The fourth-order valence-electron chi connectivity index (χ4n) is 1.23. The molecule has 1 rings (SSSR count). The zero-order valence-corrected chi connectivity index (χ0v) is 10.8. The second-order valence-electron chi connectivity index (χ2n) is 3.96. The van der Waals surface area contributed by atoms with Gasteiger partial charge in [-0.3, -0.25) is 4.98 Å². The number of hydrogen-bond donors (Lipinski definition) is 0. The molecule has 0 bridgehead atoms. The molecule has 0 N–H and O–H groups in total. The highest BCUT2D eigenvalue weighted by atomic mass is 32.2. The lowest BCUT2D eigenvalue weighted by atomic mass is 10.0. The molecule has 0 saturated carbocycles. The van der Waals surface area contributed by atoms with Crippen LogP contribution in [0.25, 0.3) is 0 Å². The lowest BCUT2D eigenvalue weighted by molar-refractivity contribution is -0.141. The molecule has 0 aliphatic rings. The Morgan fingerprint density at radius 3 is 2.53 bits per heavy atom. The van der Waals surface area contributed by atoms with E-state index in [9.17, 15) is 17.4 Å². The third kappa shape index (κ3) is 3.04. The summed E-state index contributed by atoms with van der Waals surface area (Å²) in [5.74, 6) is 0. The highest BCUT2D eigenvalue weighted by molar-refractivity contribution is 7.93. The number of rotatable bonds is 2. The number of pyridine rings is 1. The summed E-state index contributed by atoms with van der Waals surface area (Å²) in [6.07, 6.45) is -1.72. The van der Waals surface area contributed by atoms with Crippen LogP contribution in [0.5, 0.6) is 0 Å². The smallest absolute Gasteiger partial charge is 0.251 e. The fourth-order valence-corrected chi connectivity index (χ4v) is 2.13. The molecule has 0 fully saturated rings. The monoisotopic (exact) mass is 297 g/mol. The molecule has 2 atom stereocenters. The Morgan fingerprint density at radius 1 is 1.53 bits per heavy atom. The van der Waals surface area contributed by atoms with Crippen molar-refractivity contribution in [2.75, 3.05) is 6.26 Å². The maximum Gasteiger partial charge on any atom is 0.433 e. The lowest BCUT2D eigenvalue weighted by Gasteiger charge is -2.25. The van der Waals surface area contributed by atoms with Gasteiger partial charge in [-0.25, -0.2) is 4.21 Å². The fraction of sp³-hybridized carbons (Fsp3) is 0.455. The average Bonchev–Trinajstić information content (AvgIpc) is 2.35. The van der Waals surface area contributed by atoms with E-state index >= 15 is 0 Å². The van der Waals surface area contributed by atoms with Crippen LogP contribution in [0.4, 0.5) is 13.2 Å². The van der Waals surface area contributed by atoms with Crippen molar-refractivity contribution < 1.29 is 21.5 Å². The Bertz CT molecular complexity index is 715. The van der Waals surface area contributed by atoms with E-state index in [0.29, 0.717) is 12.3 Å². The Hall–Kier alpha value is -1.62. The van der Waals surface area contributed by atoms with E-state index in [1.54, 1.807) is 0 Å².